The number of phenolic OH excluding ortho intramolecular Hbond substituents is 1. The van der Waals surface area contributed by atoms with Crippen LogP contribution in [0.2, 0.25) is 0 Å². The highest BCUT2D eigenvalue weighted by atomic mass is 16.6. The highest BCUT2D eigenvalue weighted by Gasteiger charge is 2.26. The third kappa shape index (κ3) is 5.35. The van der Waals surface area contributed by atoms with Crippen molar-refractivity contribution in [3.8, 4) is 28.7 Å². The number of hydrogen-bond acceptors (Lipinski definition) is 6. The van der Waals surface area contributed by atoms with E-state index in [4.69, 9.17) is 23.7 Å². The Morgan fingerprint density at radius 3 is 2.14 bits per heavy atom. The number of phenols is 1. The van der Waals surface area contributed by atoms with E-state index in [1.165, 1.54) is 7.11 Å². The fraction of sp³-hybridized carbons (Fsp3) is 0.391. The second kappa shape index (κ2) is 10.6. The highest BCUT2D eigenvalue weighted by molar-refractivity contribution is 5.54. The van der Waals surface area contributed by atoms with Crippen LogP contribution in [0.5, 0.6) is 28.7 Å². The standard InChI is InChI=1S/C23H30O6/c1-7-9-16-12-20(26-5)23(21(13-16)27-6)29-15(3)22(28-8-2)17-10-11-18(24)19(14-17)25-4/h7,10-15,22,24H,1,8-9H2,2-6H3/t15-,22+/m1/s1. The number of ether oxygens (including phenoxy) is 5. The normalized spacial score (nSPS) is 12.7. The van der Waals surface area contributed by atoms with Crippen LogP contribution in [0.1, 0.15) is 31.1 Å². The molecule has 2 rings (SSSR count). The quantitative estimate of drug-likeness (QED) is 0.550. The van der Waals surface area contributed by atoms with E-state index in [0.29, 0.717) is 36.0 Å². The SMILES string of the molecule is C=CCc1cc(OC)c(O[C@H](C)[C@H](OCC)c2ccc(O)c(OC)c2)c(OC)c1. The summed E-state index contributed by atoms with van der Waals surface area (Å²) >= 11 is 0. The van der Waals surface area contributed by atoms with Gasteiger partial charge in [0.1, 0.15) is 12.2 Å². The molecule has 0 saturated heterocycles. The molecule has 29 heavy (non-hydrogen) atoms. The third-order valence-corrected chi connectivity index (χ3v) is 4.51. The third-order valence-electron chi connectivity index (χ3n) is 4.51. The molecule has 2 atom stereocenters. The Morgan fingerprint density at radius 1 is 1.00 bits per heavy atom. The molecule has 0 fully saturated rings. The second-order valence-electron chi connectivity index (χ2n) is 6.45. The fourth-order valence-corrected chi connectivity index (χ4v) is 3.14. The monoisotopic (exact) mass is 402 g/mol. The molecule has 6 nitrogen and oxygen atoms in total. The summed E-state index contributed by atoms with van der Waals surface area (Å²) in [4.78, 5) is 0. The van der Waals surface area contributed by atoms with Gasteiger partial charge in [-0.25, -0.2) is 0 Å². The van der Waals surface area contributed by atoms with Gasteiger partial charge in [-0.15, -0.1) is 6.58 Å². The summed E-state index contributed by atoms with van der Waals surface area (Å²) in [6, 6.07) is 8.94. The molecular weight excluding hydrogens is 372 g/mol. The topological polar surface area (TPSA) is 66.4 Å². The minimum Gasteiger partial charge on any atom is -0.504 e. The maximum Gasteiger partial charge on any atom is 0.203 e. The summed E-state index contributed by atoms with van der Waals surface area (Å²) in [6.07, 6.45) is 1.74. The maximum absolute atomic E-state index is 9.89. The predicted molar refractivity (Wildman–Crippen MR) is 113 cm³/mol. The van der Waals surface area contributed by atoms with Crippen molar-refractivity contribution in [2.75, 3.05) is 27.9 Å². The van der Waals surface area contributed by atoms with Crippen LogP contribution in [-0.4, -0.2) is 39.1 Å². The first-order chi connectivity index (χ1) is 14.0. The maximum atomic E-state index is 9.89. The summed E-state index contributed by atoms with van der Waals surface area (Å²) in [6.45, 7) is 8.10. The average molecular weight is 402 g/mol. The Morgan fingerprint density at radius 2 is 1.62 bits per heavy atom. The van der Waals surface area contributed by atoms with Crippen molar-refractivity contribution in [1.82, 2.24) is 0 Å². The number of rotatable bonds is 11. The average Bonchev–Trinajstić information content (AvgIpc) is 2.73. The van der Waals surface area contributed by atoms with Gasteiger partial charge in [-0.05, 0) is 55.7 Å². The lowest BCUT2D eigenvalue weighted by atomic mass is 10.0. The molecule has 0 unspecified atom stereocenters. The van der Waals surface area contributed by atoms with Gasteiger partial charge in [0.05, 0.1) is 21.3 Å². The zero-order chi connectivity index (χ0) is 21.4. The first-order valence-corrected chi connectivity index (χ1v) is 9.49. The molecule has 0 amide bonds. The zero-order valence-corrected chi connectivity index (χ0v) is 17.7. The largest absolute Gasteiger partial charge is 0.504 e. The van der Waals surface area contributed by atoms with Crippen molar-refractivity contribution in [3.05, 3.63) is 54.1 Å². The van der Waals surface area contributed by atoms with Crippen molar-refractivity contribution >= 4 is 0 Å². The summed E-state index contributed by atoms with van der Waals surface area (Å²) in [7, 11) is 4.69. The van der Waals surface area contributed by atoms with Gasteiger partial charge in [0.2, 0.25) is 5.75 Å². The Kier molecular flexibility index (Phi) is 8.21. The summed E-state index contributed by atoms with van der Waals surface area (Å²) in [5.41, 5.74) is 1.84. The van der Waals surface area contributed by atoms with Crippen LogP contribution in [0.25, 0.3) is 0 Å². The van der Waals surface area contributed by atoms with Crippen molar-refractivity contribution in [1.29, 1.82) is 0 Å². The Hall–Kier alpha value is -2.86. The van der Waals surface area contributed by atoms with Crippen LogP contribution in [0, 0.1) is 0 Å². The number of aromatic hydroxyl groups is 1. The van der Waals surface area contributed by atoms with E-state index in [1.54, 1.807) is 32.4 Å². The molecule has 0 bridgehead atoms. The van der Waals surface area contributed by atoms with Crippen molar-refractivity contribution < 1.29 is 28.8 Å². The predicted octanol–water partition coefficient (Wildman–Crippen LogP) is 4.69. The smallest absolute Gasteiger partial charge is 0.203 e. The second-order valence-corrected chi connectivity index (χ2v) is 6.45. The molecule has 6 heteroatoms. The molecule has 0 spiro atoms. The first-order valence-electron chi connectivity index (χ1n) is 9.49. The van der Waals surface area contributed by atoms with Gasteiger partial charge in [-0.2, -0.15) is 0 Å². The molecular formula is C23H30O6. The van der Waals surface area contributed by atoms with E-state index < -0.39 is 6.10 Å². The molecule has 0 aliphatic heterocycles. The van der Waals surface area contributed by atoms with E-state index in [2.05, 4.69) is 6.58 Å². The van der Waals surface area contributed by atoms with E-state index in [1.807, 2.05) is 32.1 Å². The van der Waals surface area contributed by atoms with Gasteiger partial charge >= 0.3 is 0 Å². The zero-order valence-electron chi connectivity index (χ0n) is 17.7. The number of methoxy groups -OCH3 is 3. The van der Waals surface area contributed by atoms with Crippen LogP contribution in [0.3, 0.4) is 0 Å². The minimum absolute atomic E-state index is 0.0706. The van der Waals surface area contributed by atoms with Crippen LogP contribution in [0.4, 0.5) is 0 Å². The molecule has 2 aromatic rings. The van der Waals surface area contributed by atoms with Crippen molar-refractivity contribution in [2.45, 2.75) is 32.5 Å². The molecule has 0 aliphatic rings. The lowest BCUT2D eigenvalue weighted by Gasteiger charge is -2.27. The van der Waals surface area contributed by atoms with Crippen LogP contribution >= 0.6 is 0 Å². The molecule has 0 aromatic heterocycles. The molecule has 158 valence electrons. The van der Waals surface area contributed by atoms with E-state index in [0.717, 1.165) is 11.1 Å². The molecule has 2 aromatic carbocycles. The Labute approximate surface area is 172 Å². The van der Waals surface area contributed by atoms with Gasteiger partial charge in [0.15, 0.2) is 23.0 Å². The van der Waals surface area contributed by atoms with E-state index in [-0.39, 0.29) is 11.9 Å². The van der Waals surface area contributed by atoms with Gasteiger partial charge in [-0.1, -0.05) is 12.1 Å². The van der Waals surface area contributed by atoms with Crippen LogP contribution < -0.4 is 18.9 Å². The molecule has 0 saturated carbocycles. The van der Waals surface area contributed by atoms with Gasteiger partial charge in [0.25, 0.3) is 0 Å². The number of allylic oxidation sites excluding steroid dienone is 1. The van der Waals surface area contributed by atoms with Gasteiger partial charge in [0, 0.05) is 6.61 Å². The van der Waals surface area contributed by atoms with Gasteiger partial charge in [-0.3, -0.25) is 0 Å². The van der Waals surface area contributed by atoms with Crippen LogP contribution in [-0.2, 0) is 11.2 Å². The van der Waals surface area contributed by atoms with E-state index >= 15 is 0 Å². The molecule has 0 aliphatic carbocycles. The molecule has 0 radical (unpaired) electrons. The lowest BCUT2D eigenvalue weighted by Crippen LogP contribution is -2.25. The van der Waals surface area contributed by atoms with Gasteiger partial charge < -0.3 is 28.8 Å². The van der Waals surface area contributed by atoms with Crippen molar-refractivity contribution in [2.24, 2.45) is 0 Å². The summed E-state index contributed by atoms with van der Waals surface area (Å²) in [5, 5.41) is 9.89. The Balaban J connectivity index is 2.39. The van der Waals surface area contributed by atoms with Crippen molar-refractivity contribution in [3.63, 3.8) is 0 Å². The fourth-order valence-electron chi connectivity index (χ4n) is 3.14. The number of hydrogen-bond donors (Lipinski definition) is 1. The lowest BCUT2D eigenvalue weighted by molar-refractivity contribution is -0.0163. The number of benzene rings is 2. The summed E-state index contributed by atoms with van der Waals surface area (Å²) < 4.78 is 28.5. The van der Waals surface area contributed by atoms with E-state index in [9.17, 15) is 5.11 Å². The molecule has 1 N–H and O–H groups in total. The summed E-state index contributed by atoms with van der Waals surface area (Å²) in [5.74, 6) is 2.11. The minimum atomic E-state index is -0.392. The Bertz CT molecular complexity index is 792. The highest BCUT2D eigenvalue weighted by Crippen LogP contribution is 2.41. The molecule has 0 heterocycles. The van der Waals surface area contributed by atoms with Crippen LogP contribution in [0.15, 0.2) is 43.0 Å². The first kappa shape index (κ1) is 22.4.